The molecule has 0 fully saturated rings. The second-order valence-corrected chi connectivity index (χ2v) is 6.80. The van der Waals surface area contributed by atoms with Crippen LogP contribution in [0.1, 0.15) is 0 Å². The molecular formula is C10H6BrCl2N3O2S. The third-order valence-electron chi connectivity index (χ3n) is 2.04. The molecule has 0 saturated heterocycles. The molecule has 9 heteroatoms. The minimum atomic E-state index is -3.79. The van der Waals surface area contributed by atoms with Crippen molar-refractivity contribution in [2.45, 2.75) is 4.90 Å². The molecule has 0 amide bonds. The summed E-state index contributed by atoms with van der Waals surface area (Å²) in [6, 6.07) is 2.81. The Bertz CT molecular complexity index is 724. The maximum absolute atomic E-state index is 12.1. The number of nitrogens with one attached hydrogen (secondary N) is 1. The summed E-state index contributed by atoms with van der Waals surface area (Å²) in [5.41, 5.74) is 0.320. The van der Waals surface area contributed by atoms with E-state index in [-0.39, 0.29) is 15.1 Å². The summed E-state index contributed by atoms with van der Waals surface area (Å²) in [7, 11) is -3.79. The zero-order valence-electron chi connectivity index (χ0n) is 9.14. The molecule has 2 rings (SSSR count). The summed E-state index contributed by atoms with van der Waals surface area (Å²) in [6.07, 6.45) is 4.05. The molecule has 0 spiro atoms. The highest BCUT2D eigenvalue weighted by atomic mass is 79.9. The Morgan fingerprint density at radius 2 is 1.89 bits per heavy atom. The highest BCUT2D eigenvalue weighted by Crippen LogP contribution is 2.24. The van der Waals surface area contributed by atoms with Gasteiger partial charge in [-0.2, -0.15) is 0 Å². The van der Waals surface area contributed by atoms with E-state index in [2.05, 4.69) is 30.6 Å². The van der Waals surface area contributed by atoms with Gasteiger partial charge in [-0.1, -0.05) is 23.2 Å². The van der Waals surface area contributed by atoms with Gasteiger partial charge in [-0.15, -0.1) is 0 Å². The van der Waals surface area contributed by atoms with Crippen LogP contribution in [0, 0.1) is 0 Å². The molecule has 2 aromatic rings. The Balaban J connectivity index is 2.35. The fourth-order valence-electron chi connectivity index (χ4n) is 1.23. The lowest BCUT2D eigenvalue weighted by molar-refractivity contribution is 0.601. The second-order valence-electron chi connectivity index (χ2n) is 3.44. The fraction of sp³-hybridized carbons (Fsp3) is 0. The molecule has 100 valence electrons. The lowest BCUT2D eigenvalue weighted by Crippen LogP contribution is -2.13. The van der Waals surface area contributed by atoms with Gasteiger partial charge in [0, 0.05) is 16.9 Å². The number of sulfonamides is 1. The van der Waals surface area contributed by atoms with Crippen LogP contribution < -0.4 is 4.72 Å². The van der Waals surface area contributed by atoms with Gasteiger partial charge in [0.2, 0.25) is 0 Å². The standard InChI is InChI=1S/C10H6BrCl2N3O2S/c11-6-1-7(4-14-3-6)16-19(17,18)8-2-9(12)10(13)15-5-8/h1-5,16H. The summed E-state index contributed by atoms with van der Waals surface area (Å²) >= 11 is 14.6. The van der Waals surface area contributed by atoms with Crippen LogP contribution in [0.2, 0.25) is 10.2 Å². The molecular weight excluding hydrogens is 377 g/mol. The van der Waals surface area contributed by atoms with Crippen LogP contribution in [-0.2, 0) is 10.0 Å². The molecule has 0 aliphatic carbocycles. The number of halogens is 3. The summed E-state index contributed by atoms with van der Waals surface area (Å²) in [5, 5.41) is 0.113. The third-order valence-corrected chi connectivity index (χ3v) is 4.51. The van der Waals surface area contributed by atoms with Crippen LogP contribution in [0.25, 0.3) is 0 Å². The summed E-state index contributed by atoms with van der Waals surface area (Å²) in [5.74, 6) is 0. The Kier molecular flexibility index (Phi) is 4.29. The molecule has 0 aliphatic rings. The molecule has 5 nitrogen and oxygen atoms in total. The predicted molar refractivity (Wildman–Crippen MR) is 77.0 cm³/mol. The van der Waals surface area contributed by atoms with Gasteiger partial charge in [0.15, 0.2) is 0 Å². The zero-order chi connectivity index (χ0) is 14.0. The average molecular weight is 383 g/mol. The van der Waals surface area contributed by atoms with Gasteiger partial charge in [0.25, 0.3) is 10.0 Å². The topological polar surface area (TPSA) is 72.0 Å². The Morgan fingerprint density at radius 3 is 2.53 bits per heavy atom. The Morgan fingerprint density at radius 1 is 1.16 bits per heavy atom. The number of aromatic nitrogens is 2. The SMILES string of the molecule is O=S(=O)(Nc1cncc(Br)c1)c1cnc(Cl)c(Cl)c1. The Labute approximate surface area is 128 Å². The van der Waals surface area contributed by atoms with E-state index in [1.807, 2.05) is 0 Å². The van der Waals surface area contributed by atoms with E-state index in [9.17, 15) is 8.42 Å². The molecule has 0 saturated carbocycles. The second kappa shape index (κ2) is 5.62. The molecule has 0 aromatic carbocycles. The van der Waals surface area contributed by atoms with Gasteiger partial charge in [-0.25, -0.2) is 13.4 Å². The van der Waals surface area contributed by atoms with Crippen molar-refractivity contribution in [3.05, 3.63) is 45.4 Å². The fourth-order valence-corrected chi connectivity index (χ4v) is 2.94. The first-order valence-corrected chi connectivity index (χ1v) is 7.86. The molecule has 0 atom stereocenters. The number of rotatable bonds is 3. The van der Waals surface area contributed by atoms with E-state index in [4.69, 9.17) is 23.2 Å². The minimum Gasteiger partial charge on any atom is -0.278 e. The maximum atomic E-state index is 12.1. The summed E-state index contributed by atoms with van der Waals surface area (Å²) in [4.78, 5) is 7.47. The van der Waals surface area contributed by atoms with Crippen LogP contribution in [0.4, 0.5) is 5.69 Å². The van der Waals surface area contributed by atoms with Crippen molar-refractivity contribution in [3.63, 3.8) is 0 Å². The molecule has 2 aromatic heterocycles. The lowest BCUT2D eigenvalue weighted by Gasteiger charge is -2.08. The molecule has 0 unspecified atom stereocenters. The first-order valence-electron chi connectivity index (χ1n) is 4.83. The number of hydrogen-bond acceptors (Lipinski definition) is 4. The monoisotopic (exact) mass is 381 g/mol. The molecule has 0 aliphatic heterocycles. The van der Waals surface area contributed by atoms with Gasteiger partial charge in [-0.05, 0) is 28.1 Å². The van der Waals surface area contributed by atoms with E-state index >= 15 is 0 Å². The van der Waals surface area contributed by atoms with Crippen LogP contribution in [0.15, 0.2) is 40.1 Å². The first-order chi connectivity index (χ1) is 8.88. The molecule has 0 radical (unpaired) electrons. The van der Waals surface area contributed by atoms with Gasteiger partial charge in [-0.3, -0.25) is 9.71 Å². The van der Waals surface area contributed by atoms with Gasteiger partial charge in [0.1, 0.15) is 10.0 Å². The zero-order valence-corrected chi connectivity index (χ0v) is 13.1. The summed E-state index contributed by atoms with van der Waals surface area (Å²) in [6.45, 7) is 0. The molecule has 1 N–H and O–H groups in total. The molecule has 0 bridgehead atoms. The van der Waals surface area contributed by atoms with E-state index in [0.29, 0.717) is 10.2 Å². The van der Waals surface area contributed by atoms with E-state index in [0.717, 1.165) is 6.20 Å². The van der Waals surface area contributed by atoms with Crippen molar-refractivity contribution >= 4 is 54.8 Å². The van der Waals surface area contributed by atoms with Crippen molar-refractivity contribution < 1.29 is 8.42 Å². The highest BCUT2D eigenvalue weighted by Gasteiger charge is 2.16. The van der Waals surface area contributed by atoms with Crippen LogP contribution in [0.3, 0.4) is 0 Å². The number of pyridine rings is 2. The lowest BCUT2D eigenvalue weighted by atomic mass is 10.4. The van der Waals surface area contributed by atoms with E-state index in [1.54, 1.807) is 12.3 Å². The van der Waals surface area contributed by atoms with Gasteiger partial charge in [0.05, 0.1) is 16.9 Å². The van der Waals surface area contributed by atoms with Gasteiger partial charge >= 0.3 is 0 Å². The quantitative estimate of drug-likeness (QED) is 0.826. The largest absolute Gasteiger partial charge is 0.278 e. The van der Waals surface area contributed by atoms with Crippen molar-refractivity contribution in [2.24, 2.45) is 0 Å². The smallest absolute Gasteiger partial charge is 0.263 e. The van der Waals surface area contributed by atoms with Crippen molar-refractivity contribution in [3.8, 4) is 0 Å². The maximum Gasteiger partial charge on any atom is 0.263 e. The van der Waals surface area contributed by atoms with Crippen molar-refractivity contribution in [1.29, 1.82) is 0 Å². The van der Waals surface area contributed by atoms with Crippen LogP contribution >= 0.6 is 39.1 Å². The van der Waals surface area contributed by atoms with E-state index in [1.165, 1.54) is 12.3 Å². The molecule has 19 heavy (non-hydrogen) atoms. The average Bonchev–Trinajstić information content (AvgIpc) is 2.32. The normalized spacial score (nSPS) is 11.3. The van der Waals surface area contributed by atoms with Gasteiger partial charge < -0.3 is 0 Å². The highest BCUT2D eigenvalue weighted by molar-refractivity contribution is 9.10. The van der Waals surface area contributed by atoms with Crippen molar-refractivity contribution in [1.82, 2.24) is 9.97 Å². The summed E-state index contributed by atoms with van der Waals surface area (Å²) < 4.78 is 27.2. The number of hydrogen-bond donors (Lipinski definition) is 1. The number of anilines is 1. The van der Waals surface area contributed by atoms with E-state index < -0.39 is 10.0 Å². The van der Waals surface area contributed by atoms with Crippen LogP contribution in [0.5, 0.6) is 0 Å². The third kappa shape index (κ3) is 3.56. The first kappa shape index (κ1) is 14.5. The van der Waals surface area contributed by atoms with Crippen LogP contribution in [-0.4, -0.2) is 18.4 Å². The Hall–Kier alpha value is -0.890. The van der Waals surface area contributed by atoms with Crippen molar-refractivity contribution in [2.75, 3.05) is 4.72 Å². The minimum absolute atomic E-state index is 0.0461. The number of nitrogens with zero attached hydrogens (tertiary/aromatic N) is 2. The predicted octanol–water partition coefficient (Wildman–Crippen LogP) is 3.35. The molecule has 2 heterocycles.